The summed E-state index contributed by atoms with van der Waals surface area (Å²) in [5.41, 5.74) is 3.07. The van der Waals surface area contributed by atoms with Crippen molar-refractivity contribution in [3.8, 4) is 0 Å². The quantitative estimate of drug-likeness (QED) is 0.506. The van der Waals surface area contributed by atoms with E-state index in [2.05, 4.69) is 16.0 Å². The molecule has 1 aliphatic heterocycles. The monoisotopic (exact) mass is 453 g/mol. The Kier molecular flexibility index (Phi) is 6.00. The Morgan fingerprint density at radius 2 is 1.88 bits per heavy atom. The van der Waals surface area contributed by atoms with E-state index in [1.807, 2.05) is 19.1 Å². The molecule has 166 valence electrons. The molecule has 3 N–H and O–H groups in total. The summed E-state index contributed by atoms with van der Waals surface area (Å²) in [5, 5.41) is 8.43. The van der Waals surface area contributed by atoms with Crippen LogP contribution in [0.1, 0.15) is 27.2 Å². The Hall–Kier alpha value is -3.59. The molecule has 4 rings (SSSR count). The van der Waals surface area contributed by atoms with Gasteiger partial charge in [0.1, 0.15) is 11.8 Å². The predicted molar refractivity (Wildman–Crippen MR) is 121 cm³/mol. The number of anilines is 2. The maximum Gasteiger partial charge on any atom is 0.251 e. The Labute approximate surface area is 185 Å². The lowest BCUT2D eigenvalue weighted by atomic mass is 10.1. The molecule has 32 heavy (non-hydrogen) atoms. The molecule has 0 radical (unpaired) electrons. The topological polar surface area (TPSA) is 118 Å². The van der Waals surface area contributed by atoms with E-state index in [9.17, 15) is 18.0 Å². The molecular formula is C23H23N3O5S. The van der Waals surface area contributed by atoms with Gasteiger partial charge in [-0.25, -0.2) is 8.42 Å². The molecule has 0 saturated carbocycles. The normalized spacial score (nSPS) is 15.4. The Morgan fingerprint density at radius 3 is 2.59 bits per heavy atom. The molecule has 2 amide bonds. The molecule has 0 spiro atoms. The van der Waals surface area contributed by atoms with E-state index in [4.69, 9.17) is 4.42 Å². The van der Waals surface area contributed by atoms with Crippen LogP contribution in [0.15, 0.2) is 65.3 Å². The molecule has 3 aromatic rings. The fourth-order valence-corrected chi connectivity index (χ4v) is 5.00. The maximum atomic E-state index is 12.6. The summed E-state index contributed by atoms with van der Waals surface area (Å²) in [7, 11) is -3.53. The van der Waals surface area contributed by atoms with E-state index in [1.54, 1.807) is 42.5 Å². The molecule has 0 saturated heterocycles. The highest BCUT2D eigenvalue weighted by molar-refractivity contribution is 7.90. The number of hydrogen-bond acceptors (Lipinski definition) is 6. The Balaban J connectivity index is 1.41. The van der Waals surface area contributed by atoms with Crippen molar-refractivity contribution >= 4 is 33.0 Å². The van der Waals surface area contributed by atoms with Gasteiger partial charge in [0, 0.05) is 5.56 Å². The zero-order valence-electron chi connectivity index (χ0n) is 17.4. The minimum atomic E-state index is -3.53. The third kappa shape index (κ3) is 5.17. The van der Waals surface area contributed by atoms with Gasteiger partial charge in [0.15, 0.2) is 9.84 Å². The van der Waals surface area contributed by atoms with Crippen molar-refractivity contribution in [1.29, 1.82) is 0 Å². The zero-order chi connectivity index (χ0) is 22.7. The largest absolute Gasteiger partial charge is 0.467 e. The van der Waals surface area contributed by atoms with Gasteiger partial charge in [-0.1, -0.05) is 29.8 Å². The van der Waals surface area contributed by atoms with Crippen LogP contribution in [0.3, 0.4) is 0 Å². The van der Waals surface area contributed by atoms with Crippen molar-refractivity contribution in [3.05, 3.63) is 83.3 Å². The molecule has 9 heteroatoms. The van der Waals surface area contributed by atoms with Crippen LogP contribution in [0.5, 0.6) is 0 Å². The second kappa shape index (κ2) is 8.88. The van der Waals surface area contributed by atoms with Gasteiger partial charge >= 0.3 is 0 Å². The number of nitrogens with one attached hydrogen (secondary N) is 3. The van der Waals surface area contributed by atoms with Crippen LogP contribution in [-0.2, 0) is 26.9 Å². The number of benzene rings is 2. The van der Waals surface area contributed by atoms with Crippen molar-refractivity contribution < 1.29 is 22.4 Å². The molecular weight excluding hydrogens is 430 g/mol. The summed E-state index contributed by atoms with van der Waals surface area (Å²) in [5.74, 6) is -0.627. The van der Waals surface area contributed by atoms with E-state index in [0.717, 1.165) is 5.56 Å². The average Bonchev–Trinajstić information content (AvgIpc) is 3.27. The molecule has 2 heterocycles. The SMILES string of the molecule is Cc1ccc(CS(=O)(=O)CC2Nc3ccc(C(=O)NCc4ccco4)cc3NC2=O)cc1. The van der Waals surface area contributed by atoms with Crippen LogP contribution in [0, 0.1) is 6.92 Å². The van der Waals surface area contributed by atoms with Crippen LogP contribution in [0.25, 0.3) is 0 Å². The van der Waals surface area contributed by atoms with Gasteiger partial charge < -0.3 is 20.4 Å². The van der Waals surface area contributed by atoms with Crippen LogP contribution in [-0.4, -0.2) is 32.0 Å². The highest BCUT2D eigenvalue weighted by Gasteiger charge is 2.30. The summed E-state index contributed by atoms with van der Waals surface area (Å²) in [6.45, 7) is 2.18. The van der Waals surface area contributed by atoms with Gasteiger partial charge in [-0.15, -0.1) is 0 Å². The van der Waals surface area contributed by atoms with Crippen molar-refractivity contribution in [1.82, 2.24) is 5.32 Å². The van der Waals surface area contributed by atoms with E-state index in [0.29, 0.717) is 28.3 Å². The van der Waals surface area contributed by atoms with Crippen molar-refractivity contribution in [2.75, 3.05) is 16.4 Å². The highest BCUT2D eigenvalue weighted by Crippen LogP contribution is 2.28. The van der Waals surface area contributed by atoms with Gasteiger partial charge in [-0.05, 0) is 42.8 Å². The molecule has 0 aliphatic carbocycles. The van der Waals surface area contributed by atoms with Crippen LogP contribution < -0.4 is 16.0 Å². The fraction of sp³-hybridized carbons (Fsp3) is 0.217. The first kappa shape index (κ1) is 21.6. The fourth-order valence-electron chi connectivity index (χ4n) is 3.44. The summed E-state index contributed by atoms with van der Waals surface area (Å²) >= 11 is 0. The summed E-state index contributed by atoms with van der Waals surface area (Å²) in [6, 6.07) is 14.6. The third-order valence-corrected chi connectivity index (χ3v) is 6.73. The average molecular weight is 454 g/mol. The van der Waals surface area contributed by atoms with E-state index in [1.165, 1.54) is 6.26 Å². The molecule has 2 aromatic carbocycles. The first-order valence-corrected chi connectivity index (χ1v) is 11.9. The van der Waals surface area contributed by atoms with Gasteiger partial charge in [0.05, 0.1) is 35.7 Å². The van der Waals surface area contributed by atoms with Gasteiger partial charge in [-0.2, -0.15) is 0 Å². The molecule has 0 bridgehead atoms. The Bertz CT molecular complexity index is 1240. The molecule has 0 fully saturated rings. The van der Waals surface area contributed by atoms with Crippen molar-refractivity contribution in [3.63, 3.8) is 0 Å². The highest BCUT2D eigenvalue weighted by atomic mass is 32.2. The van der Waals surface area contributed by atoms with Crippen LogP contribution in [0.4, 0.5) is 11.4 Å². The number of amides is 2. The minimum Gasteiger partial charge on any atom is -0.467 e. The number of furan rings is 1. The number of fused-ring (bicyclic) bond motifs is 1. The number of sulfone groups is 1. The van der Waals surface area contributed by atoms with Crippen LogP contribution >= 0.6 is 0 Å². The summed E-state index contributed by atoms with van der Waals surface area (Å²) in [4.78, 5) is 24.9. The van der Waals surface area contributed by atoms with Crippen molar-refractivity contribution in [2.24, 2.45) is 0 Å². The first-order valence-electron chi connectivity index (χ1n) is 10.1. The van der Waals surface area contributed by atoms with Gasteiger partial charge in [0.2, 0.25) is 5.91 Å². The molecule has 1 aromatic heterocycles. The number of carbonyl (C=O) groups excluding carboxylic acids is 2. The molecule has 8 nitrogen and oxygen atoms in total. The van der Waals surface area contributed by atoms with E-state index < -0.39 is 21.8 Å². The summed E-state index contributed by atoms with van der Waals surface area (Å²) in [6.07, 6.45) is 1.53. The van der Waals surface area contributed by atoms with E-state index >= 15 is 0 Å². The summed E-state index contributed by atoms with van der Waals surface area (Å²) < 4.78 is 30.5. The second-order valence-electron chi connectivity index (χ2n) is 7.75. The zero-order valence-corrected chi connectivity index (χ0v) is 18.2. The molecule has 1 unspecified atom stereocenters. The van der Waals surface area contributed by atoms with E-state index in [-0.39, 0.29) is 24.0 Å². The lowest BCUT2D eigenvalue weighted by Crippen LogP contribution is -2.43. The predicted octanol–water partition coefficient (Wildman–Crippen LogP) is 2.87. The van der Waals surface area contributed by atoms with Gasteiger partial charge in [-0.3, -0.25) is 9.59 Å². The lowest BCUT2D eigenvalue weighted by molar-refractivity contribution is -0.116. The van der Waals surface area contributed by atoms with Crippen molar-refractivity contribution in [2.45, 2.75) is 25.3 Å². The Morgan fingerprint density at radius 1 is 1.09 bits per heavy atom. The smallest absolute Gasteiger partial charge is 0.251 e. The lowest BCUT2D eigenvalue weighted by Gasteiger charge is -2.27. The molecule has 1 atom stereocenters. The second-order valence-corrected chi connectivity index (χ2v) is 9.86. The number of rotatable bonds is 7. The maximum absolute atomic E-state index is 12.6. The number of aryl methyl sites for hydroxylation is 1. The standard InChI is InChI=1S/C23H23N3O5S/c1-15-4-6-16(7-5-15)13-32(29,30)14-21-23(28)26-20-11-17(8-9-19(20)25-21)22(27)24-12-18-3-2-10-31-18/h2-11,21,25H,12-14H2,1H3,(H,24,27)(H,26,28). The van der Waals surface area contributed by atoms with Crippen LogP contribution in [0.2, 0.25) is 0 Å². The number of hydrogen-bond donors (Lipinski definition) is 3. The molecule has 1 aliphatic rings. The first-order chi connectivity index (χ1) is 15.3. The van der Waals surface area contributed by atoms with Gasteiger partial charge in [0.25, 0.3) is 5.91 Å². The third-order valence-electron chi connectivity index (χ3n) is 5.12. The number of carbonyl (C=O) groups is 2. The minimum absolute atomic E-state index is 0.139.